The molecule has 0 saturated carbocycles. The quantitative estimate of drug-likeness (QED) is 0.465. The van der Waals surface area contributed by atoms with E-state index in [1.807, 2.05) is 9.47 Å². The zero-order valence-electron chi connectivity index (χ0n) is 6.88. The van der Waals surface area contributed by atoms with Gasteiger partial charge < -0.3 is 24.6 Å². The second-order valence-corrected chi connectivity index (χ2v) is 2.57. The van der Waals surface area contributed by atoms with Crippen LogP contribution in [0.1, 0.15) is 6.42 Å². The normalized spacial score (nSPS) is 35.2. The van der Waals surface area contributed by atoms with Gasteiger partial charge in [0.1, 0.15) is 6.10 Å². The van der Waals surface area contributed by atoms with E-state index >= 15 is 0 Å². The first-order valence-corrected chi connectivity index (χ1v) is 3.99. The van der Waals surface area contributed by atoms with Gasteiger partial charge in [0, 0.05) is 23.0 Å². The van der Waals surface area contributed by atoms with Crippen molar-refractivity contribution in [3.63, 3.8) is 0 Å². The summed E-state index contributed by atoms with van der Waals surface area (Å²) in [4.78, 5) is 0. The zero-order valence-corrected chi connectivity index (χ0v) is 8.04. The van der Waals surface area contributed by atoms with Crippen molar-refractivity contribution in [2.24, 2.45) is 0 Å². The van der Waals surface area contributed by atoms with Crippen molar-refractivity contribution < 1.29 is 24.6 Å². The average molecular weight is 198 g/mol. The van der Waals surface area contributed by atoms with Crippen LogP contribution >= 0.6 is 9.47 Å². The van der Waals surface area contributed by atoms with Gasteiger partial charge >= 0.3 is 0 Å². The molecule has 3 N–H and O–H groups in total. The summed E-state index contributed by atoms with van der Waals surface area (Å²) in [6, 6.07) is 0. The third-order valence-electron chi connectivity index (χ3n) is 1.41. The Morgan fingerprint density at radius 3 is 2.42 bits per heavy atom. The Morgan fingerprint density at radius 1 is 1.42 bits per heavy atom. The zero-order chi connectivity index (χ0) is 9.56. The van der Waals surface area contributed by atoms with E-state index in [0.29, 0.717) is 6.42 Å². The molecule has 1 aliphatic rings. The minimum atomic E-state index is -0.721. The van der Waals surface area contributed by atoms with Crippen molar-refractivity contribution in [3.05, 3.63) is 0 Å². The fourth-order valence-corrected chi connectivity index (χ4v) is 1.16. The monoisotopic (exact) mass is 198 g/mol. The molecule has 1 saturated heterocycles. The first-order chi connectivity index (χ1) is 5.74. The molecule has 1 heterocycles. The van der Waals surface area contributed by atoms with Gasteiger partial charge in [-0.05, 0) is 0 Å². The van der Waals surface area contributed by atoms with Gasteiger partial charge in [-0.25, -0.2) is 0 Å². The maximum absolute atomic E-state index is 9.12. The lowest BCUT2D eigenvalue weighted by atomic mass is 10.1. The molecule has 74 valence electrons. The average Bonchev–Trinajstić information content (AvgIpc) is 2.08. The first kappa shape index (κ1) is 12.2. The van der Waals surface area contributed by atoms with Gasteiger partial charge in [0.05, 0.1) is 12.7 Å². The highest BCUT2D eigenvalue weighted by atomic mass is 31.0. The Labute approximate surface area is 73.6 Å². The molecular weight excluding hydrogens is 183 g/mol. The van der Waals surface area contributed by atoms with Crippen LogP contribution in [0.15, 0.2) is 0 Å². The van der Waals surface area contributed by atoms with Crippen LogP contribution in [0.4, 0.5) is 0 Å². The highest BCUT2D eigenvalue weighted by Crippen LogP contribution is 2.16. The molecule has 1 rings (SSSR count). The molecule has 0 bridgehead atoms. The van der Waals surface area contributed by atoms with Crippen molar-refractivity contribution in [1.29, 1.82) is 0 Å². The lowest BCUT2D eigenvalue weighted by Crippen LogP contribution is -2.41. The topological polar surface area (TPSA) is 79.2 Å². The summed E-state index contributed by atoms with van der Waals surface area (Å²) in [5, 5.41) is 25.1. The third-order valence-corrected chi connectivity index (χ3v) is 1.68. The second-order valence-electron chi connectivity index (χ2n) is 2.29. The lowest BCUT2D eigenvalue weighted by molar-refractivity contribution is -0.193. The fourth-order valence-electron chi connectivity index (χ4n) is 0.905. The summed E-state index contributed by atoms with van der Waals surface area (Å²) >= 11 is 0. The largest absolute Gasteiger partial charge is 0.400 e. The van der Waals surface area contributed by atoms with Gasteiger partial charge in [0.2, 0.25) is 0 Å². The molecule has 4 unspecified atom stereocenters. The number of hydrogen-bond acceptors (Lipinski definition) is 5. The number of aliphatic hydroxyl groups is 3. The van der Waals surface area contributed by atoms with E-state index in [0.717, 1.165) is 7.11 Å². The number of ether oxygens (including phenoxy) is 1. The van der Waals surface area contributed by atoms with Crippen molar-refractivity contribution >= 4 is 9.47 Å². The SMILES string of the molecule is CO.OC1COC(OP)C(O)C1. The predicted octanol–water partition coefficient (Wildman–Crippen LogP) is -1.13. The van der Waals surface area contributed by atoms with Gasteiger partial charge in [-0.3, -0.25) is 0 Å². The molecule has 0 radical (unpaired) electrons. The van der Waals surface area contributed by atoms with E-state index in [1.165, 1.54) is 0 Å². The van der Waals surface area contributed by atoms with Crippen molar-refractivity contribution in [3.8, 4) is 0 Å². The van der Waals surface area contributed by atoms with Crippen LogP contribution in [0.3, 0.4) is 0 Å². The molecule has 4 atom stereocenters. The van der Waals surface area contributed by atoms with E-state index in [-0.39, 0.29) is 6.61 Å². The molecule has 0 aromatic carbocycles. The molecule has 0 spiro atoms. The minimum absolute atomic E-state index is 0.232. The van der Waals surface area contributed by atoms with Crippen LogP contribution in [0.5, 0.6) is 0 Å². The molecule has 0 aliphatic carbocycles. The summed E-state index contributed by atoms with van der Waals surface area (Å²) in [6.45, 7) is 0.232. The van der Waals surface area contributed by atoms with Crippen LogP contribution < -0.4 is 0 Å². The molecule has 0 amide bonds. The number of rotatable bonds is 1. The maximum Gasteiger partial charge on any atom is 0.186 e. The van der Waals surface area contributed by atoms with Crippen molar-refractivity contribution in [2.75, 3.05) is 13.7 Å². The van der Waals surface area contributed by atoms with Gasteiger partial charge in [-0.1, -0.05) is 0 Å². The number of aliphatic hydroxyl groups excluding tert-OH is 3. The smallest absolute Gasteiger partial charge is 0.186 e. The molecule has 1 aliphatic heterocycles. The Hall–Kier alpha value is 0.230. The Kier molecular flexibility index (Phi) is 6.84. The van der Waals surface area contributed by atoms with Gasteiger partial charge in [0.25, 0.3) is 0 Å². The summed E-state index contributed by atoms with van der Waals surface area (Å²) in [5.74, 6) is 0. The minimum Gasteiger partial charge on any atom is -0.400 e. The van der Waals surface area contributed by atoms with E-state index in [9.17, 15) is 0 Å². The summed E-state index contributed by atoms with van der Waals surface area (Å²) in [5.41, 5.74) is 0. The molecule has 5 nitrogen and oxygen atoms in total. The number of hydrogen-bond donors (Lipinski definition) is 3. The summed E-state index contributed by atoms with van der Waals surface area (Å²) in [6.07, 6.45) is -1.57. The fraction of sp³-hybridized carbons (Fsp3) is 1.00. The van der Waals surface area contributed by atoms with Gasteiger partial charge in [-0.2, -0.15) is 0 Å². The van der Waals surface area contributed by atoms with Crippen LogP contribution in [0, 0.1) is 0 Å². The molecular formula is C6H15O5P. The van der Waals surface area contributed by atoms with Gasteiger partial charge in [0.15, 0.2) is 6.29 Å². The highest BCUT2D eigenvalue weighted by molar-refractivity contribution is 7.09. The van der Waals surface area contributed by atoms with Crippen molar-refractivity contribution in [2.45, 2.75) is 24.9 Å². The van der Waals surface area contributed by atoms with Crippen LogP contribution in [0.2, 0.25) is 0 Å². The molecule has 12 heavy (non-hydrogen) atoms. The lowest BCUT2D eigenvalue weighted by Gasteiger charge is -2.29. The molecule has 1 fully saturated rings. The highest BCUT2D eigenvalue weighted by Gasteiger charge is 2.28. The van der Waals surface area contributed by atoms with E-state index in [1.54, 1.807) is 0 Å². The van der Waals surface area contributed by atoms with Gasteiger partial charge in [-0.15, -0.1) is 0 Å². The maximum atomic E-state index is 9.12. The Balaban J connectivity index is 0.000000561. The second kappa shape index (κ2) is 6.71. The van der Waals surface area contributed by atoms with Crippen LogP contribution in [0.25, 0.3) is 0 Å². The molecule has 0 aromatic rings. The van der Waals surface area contributed by atoms with Crippen LogP contribution in [-0.4, -0.2) is 47.5 Å². The molecule has 6 heteroatoms. The Morgan fingerprint density at radius 2 is 2.00 bits per heavy atom. The summed E-state index contributed by atoms with van der Waals surface area (Å²) in [7, 11) is 3.02. The van der Waals surface area contributed by atoms with Crippen LogP contribution in [-0.2, 0) is 9.26 Å². The van der Waals surface area contributed by atoms with Crippen molar-refractivity contribution in [1.82, 2.24) is 0 Å². The molecule has 0 aromatic heterocycles. The standard InChI is InChI=1S/C5H11O4P.CH4O/c6-3-1-4(7)5(9-10)8-2-3;1-2/h3-7H,1-2,10H2;2H,1H3. The summed E-state index contributed by atoms with van der Waals surface area (Å²) < 4.78 is 9.59. The van der Waals surface area contributed by atoms with E-state index in [4.69, 9.17) is 20.1 Å². The van der Waals surface area contributed by atoms with E-state index < -0.39 is 18.5 Å². The van der Waals surface area contributed by atoms with E-state index in [2.05, 4.69) is 4.52 Å². The predicted molar refractivity (Wildman–Crippen MR) is 45.3 cm³/mol. The Bertz CT molecular complexity index is 112. The third kappa shape index (κ3) is 3.76. The first-order valence-electron chi connectivity index (χ1n) is 3.52.